The monoisotopic (exact) mass is 317 g/mol. The molecule has 2 heterocycles. The van der Waals surface area contributed by atoms with Gasteiger partial charge in [0.05, 0.1) is 13.2 Å². The molecule has 1 N–H and O–H groups in total. The minimum Gasteiger partial charge on any atom is -0.465 e. The fourth-order valence-corrected chi connectivity index (χ4v) is 3.79. The van der Waals surface area contributed by atoms with E-state index in [-0.39, 0.29) is 13.2 Å². The predicted octanol–water partition coefficient (Wildman–Crippen LogP) is -0.491. The number of aromatic amines is 1. The third-order valence-electron chi connectivity index (χ3n) is 3.29. The van der Waals surface area contributed by atoms with E-state index in [1.165, 1.54) is 17.7 Å². The maximum absolute atomic E-state index is 12.6. The van der Waals surface area contributed by atoms with Crippen molar-refractivity contribution < 1.29 is 17.9 Å². The Morgan fingerprint density at radius 2 is 2.38 bits per heavy atom. The fraction of sp³-hybridized carbons (Fsp3) is 0.727. The lowest BCUT2D eigenvalue weighted by molar-refractivity contribution is -0.146. The number of hydrogen-bond acceptors (Lipinski definition) is 6. The van der Waals surface area contributed by atoms with E-state index in [4.69, 9.17) is 4.74 Å². The van der Waals surface area contributed by atoms with Crippen molar-refractivity contribution in [3.05, 3.63) is 12.2 Å². The second-order valence-corrected chi connectivity index (χ2v) is 6.70. The molecule has 10 heteroatoms. The van der Waals surface area contributed by atoms with Gasteiger partial charge >= 0.3 is 5.97 Å². The highest BCUT2D eigenvalue weighted by Gasteiger charge is 2.41. The van der Waals surface area contributed by atoms with Gasteiger partial charge < -0.3 is 4.74 Å². The Bertz CT molecular complexity index is 573. The Kier molecular flexibility index (Phi) is 4.91. The molecule has 0 radical (unpaired) electrons. The first-order valence-corrected chi connectivity index (χ1v) is 8.10. The molecule has 0 bridgehead atoms. The molecule has 0 spiro atoms. The van der Waals surface area contributed by atoms with Gasteiger partial charge in [0, 0.05) is 13.6 Å². The molecule has 1 aliphatic heterocycles. The smallest absolute Gasteiger partial charge is 0.324 e. The average molecular weight is 317 g/mol. The van der Waals surface area contributed by atoms with Gasteiger partial charge in [-0.1, -0.05) is 0 Å². The molecule has 0 aromatic carbocycles. The number of esters is 1. The van der Waals surface area contributed by atoms with E-state index in [9.17, 15) is 13.2 Å². The van der Waals surface area contributed by atoms with Crippen LogP contribution in [-0.2, 0) is 26.3 Å². The van der Waals surface area contributed by atoms with Crippen LogP contribution in [0, 0.1) is 0 Å². The highest BCUT2D eigenvalue weighted by molar-refractivity contribution is 7.86. The second-order valence-electron chi connectivity index (χ2n) is 4.72. The van der Waals surface area contributed by atoms with Crippen molar-refractivity contribution in [3.8, 4) is 0 Å². The first kappa shape index (κ1) is 15.9. The second kappa shape index (κ2) is 6.50. The SMILES string of the molecule is CCOC(=O)[C@@H]1CCCN1S(=O)(=O)N(C)Cc1ncn[nH]1. The van der Waals surface area contributed by atoms with E-state index in [0.29, 0.717) is 25.2 Å². The highest BCUT2D eigenvalue weighted by Crippen LogP contribution is 2.24. The maximum Gasteiger partial charge on any atom is 0.324 e. The van der Waals surface area contributed by atoms with Crippen LogP contribution >= 0.6 is 0 Å². The van der Waals surface area contributed by atoms with E-state index < -0.39 is 22.2 Å². The summed E-state index contributed by atoms with van der Waals surface area (Å²) in [6.45, 7) is 2.31. The van der Waals surface area contributed by atoms with Crippen LogP contribution < -0.4 is 0 Å². The maximum atomic E-state index is 12.6. The lowest BCUT2D eigenvalue weighted by Crippen LogP contribution is -2.47. The van der Waals surface area contributed by atoms with E-state index in [2.05, 4.69) is 15.2 Å². The van der Waals surface area contributed by atoms with Gasteiger partial charge in [0.15, 0.2) is 0 Å². The molecule has 0 aliphatic carbocycles. The van der Waals surface area contributed by atoms with Gasteiger partial charge in [-0.05, 0) is 19.8 Å². The van der Waals surface area contributed by atoms with Gasteiger partial charge in [0.25, 0.3) is 10.2 Å². The van der Waals surface area contributed by atoms with Gasteiger partial charge in [-0.15, -0.1) is 0 Å². The molecule has 0 unspecified atom stereocenters. The van der Waals surface area contributed by atoms with Crippen LogP contribution in [0.1, 0.15) is 25.6 Å². The standard InChI is InChI=1S/C11H19N5O4S/c1-3-20-11(17)9-5-4-6-16(9)21(18,19)15(2)7-10-12-8-13-14-10/h8-9H,3-7H2,1-2H3,(H,12,13,14)/t9-/m0/s1. The zero-order chi connectivity index (χ0) is 15.5. The predicted molar refractivity (Wildman–Crippen MR) is 73.1 cm³/mol. The van der Waals surface area contributed by atoms with Gasteiger partial charge in [-0.3, -0.25) is 9.89 Å². The number of nitrogens with one attached hydrogen (secondary N) is 1. The molecule has 1 aliphatic rings. The third kappa shape index (κ3) is 3.39. The first-order chi connectivity index (χ1) is 9.96. The molecule has 9 nitrogen and oxygen atoms in total. The summed E-state index contributed by atoms with van der Waals surface area (Å²) in [5.74, 6) is -0.0559. The summed E-state index contributed by atoms with van der Waals surface area (Å²) < 4.78 is 32.4. The van der Waals surface area contributed by atoms with Crippen LogP contribution in [-0.4, -0.2) is 64.4 Å². The highest BCUT2D eigenvalue weighted by atomic mass is 32.2. The van der Waals surface area contributed by atoms with Crippen molar-refractivity contribution >= 4 is 16.2 Å². The summed E-state index contributed by atoms with van der Waals surface area (Å²) in [4.78, 5) is 15.8. The molecule has 1 fully saturated rings. The molecule has 118 valence electrons. The first-order valence-electron chi connectivity index (χ1n) is 6.70. The topological polar surface area (TPSA) is 108 Å². The zero-order valence-electron chi connectivity index (χ0n) is 12.0. The van der Waals surface area contributed by atoms with Crippen molar-refractivity contribution in [2.45, 2.75) is 32.4 Å². The Hall–Kier alpha value is -1.52. The summed E-state index contributed by atoms with van der Waals surface area (Å²) in [7, 11) is -2.31. The van der Waals surface area contributed by atoms with Crippen LogP contribution in [0.25, 0.3) is 0 Å². The van der Waals surface area contributed by atoms with E-state index in [1.54, 1.807) is 6.92 Å². The van der Waals surface area contributed by atoms with Gasteiger partial charge in [-0.2, -0.15) is 22.1 Å². The van der Waals surface area contributed by atoms with Crippen LogP contribution in [0.2, 0.25) is 0 Å². The number of hydrogen-bond donors (Lipinski definition) is 1. The van der Waals surface area contributed by atoms with Gasteiger partial charge in [0.1, 0.15) is 18.2 Å². The molecule has 2 rings (SSSR count). The molecule has 21 heavy (non-hydrogen) atoms. The molecule has 1 aromatic rings. The quantitative estimate of drug-likeness (QED) is 0.709. The number of carbonyl (C=O) groups excluding carboxylic acids is 1. The van der Waals surface area contributed by atoms with E-state index in [1.807, 2.05) is 0 Å². The third-order valence-corrected chi connectivity index (χ3v) is 5.24. The summed E-state index contributed by atoms with van der Waals surface area (Å²) >= 11 is 0. The van der Waals surface area contributed by atoms with Gasteiger partial charge in [0.2, 0.25) is 0 Å². The average Bonchev–Trinajstić information content (AvgIpc) is 3.09. The largest absolute Gasteiger partial charge is 0.465 e. The Balaban J connectivity index is 2.12. The number of H-pyrrole nitrogens is 1. The van der Waals surface area contributed by atoms with E-state index >= 15 is 0 Å². The lowest BCUT2D eigenvalue weighted by Gasteiger charge is -2.27. The molecule has 1 aromatic heterocycles. The Labute approximate surface area is 123 Å². The molecular formula is C11H19N5O4S. The van der Waals surface area contributed by atoms with Gasteiger partial charge in [-0.25, -0.2) is 4.98 Å². The summed E-state index contributed by atoms with van der Waals surface area (Å²) in [6, 6.07) is -0.743. The molecule has 0 amide bonds. The molecule has 0 saturated carbocycles. The van der Waals surface area contributed by atoms with Crippen molar-refractivity contribution in [3.63, 3.8) is 0 Å². The number of aromatic nitrogens is 3. The van der Waals surface area contributed by atoms with Crippen LogP contribution in [0.15, 0.2) is 6.33 Å². The number of nitrogens with zero attached hydrogens (tertiary/aromatic N) is 4. The Morgan fingerprint density at radius 3 is 3.00 bits per heavy atom. The van der Waals surface area contributed by atoms with Crippen molar-refractivity contribution in [2.75, 3.05) is 20.2 Å². The number of carbonyl (C=O) groups is 1. The van der Waals surface area contributed by atoms with Crippen molar-refractivity contribution in [1.29, 1.82) is 0 Å². The summed E-state index contributed by atoms with van der Waals surface area (Å²) in [5, 5.41) is 6.28. The van der Waals surface area contributed by atoms with E-state index in [0.717, 1.165) is 4.31 Å². The van der Waals surface area contributed by atoms with Crippen LogP contribution in [0.5, 0.6) is 0 Å². The molecule has 1 atom stereocenters. The van der Waals surface area contributed by atoms with Crippen molar-refractivity contribution in [1.82, 2.24) is 23.8 Å². The fourth-order valence-electron chi connectivity index (χ4n) is 2.27. The number of rotatable bonds is 6. The Morgan fingerprint density at radius 1 is 1.62 bits per heavy atom. The number of ether oxygens (including phenoxy) is 1. The summed E-state index contributed by atoms with van der Waals surface area (Å²) in [6.07, 6.45) is 2.43. The lowest BCUT2D eigenvalue weighted by atomic mass is 10.2. The molecule has 1 saturated heterocycles. The minimum absolute atomic E-state index is 0.0639. The normalized spacial score (nSPS) is 20.0. The van der Waals surface area contributed by atoms with Crippen molar-refractivity contribution in [2.24, 2.45) is 0 Å². The summed E-state index contributed by atoms with van der Waals surface area (Å²) in [5.41, 5.74) is 0. The van der Waals surface area contributed by atoms with Crippen LogP contribution in [0.4, 0.5) is 0 Å². The van der Waals surface area contributed by atoms with Crippen LogP contribution in [0.3, 0.4) is 0 Å². The molecular weight excluding hydrogens is 298 g/mol. The zero-order valence-corrected chi connectivity index (χ0v) is 12.8. The minimum atomic E-state index is -3.75.